The van der Waals surface area contributed by atoms with Gasteiger partial charge in [-0.2, -0.15) is 0 Å². The molecule has 0 radical (unpaired) electrons. The van der Waals surface area contributed by atoms with Crippen LogP contribution >= 0.6 is 0 Å². The highest BCUT2D eigenvalue weighted by Crippen LogP contribution is 2.46. The van der Waals surface area contributed by atoms with Crippen LogP contribution in [0.2, 0.25) is 0 Å². The zero-order chi connectivity index (χ0) is 26.0. The van der Waals surface area contributed by atoms with Crippen LogP contribution in [-0.4, -0.2) is 108 Å². The van der Waals surface area contributed by atoms with Crippen LogP contribution < -0.4 is 0 Å². The lowest BCUT2D eigenvalue weighted by Crippen LogP contribution is -2.46. The predicted molar refractivity (Wildman–Crippen MR) is 128 cm³/mol. The molecule has 204 valence electrons. The molecule has 8 atom stereocenters. The van der Waals surface area contributed by atoms with Gasteiger partial charge in [-0.3, -0.25) is 38.6 Å². The number of ether oxygens (including phenoxy) is 3. The third kappa shape index (κ3) is 3.89. The van der Waals surface area contributed by atoms with Gasteiger partial charge in [0.25, 0.3) is 0 Å². The van der Waals surface area contributed by atoms with Crippen molar-refractivity contribution >= 4 is 35.5 Å². The second-order valence-corrected chi connectivity index (χ2v) is 10.1. The molecule has 0 aliphatic carbocycles. The minimum absolute atomic E-state index is 0. The summed E-state index contributed by atoms with van der Waals surface area (Å²) in [7, 11) is 1.23. The Balaban J connectivity index is 0.00000294. The van der Waals surface area contributed by atoms with E-state index in [-0.39, 0.29) is 70.1 Å². The van der Waals surface area contributed by atoms with Gasteiger partial charge in [-0.05, 0) is 0 Å². The van der Waals surface area contributed by atoms with Gasteiger partial charge in [-0.15, -0.1) is 0 Å². The van der Waals surface area contributed by atoms with Crippen LogP contribution in [-0.2, 0) is 43.0 Å². The molecule has 6 aliphatic rings. The number of hydrogen-bond acceptors (Lipinski definition) is 9. The van der Waals surface area contributed by atoms with E-state index < -0.39 is 60.0 Å². The summed E-state index contributed by atoms with van der Waals surface area (Å²) in [4.78, 5) is 80.2. The highest BCUT2D eigenvalue weighted by Gasteiger charge is 2.61. The van der Waals surface area contributed by atoms with Crippen molar-refractivity contribution in [3.05, 3.63) is 24.3 Å². The van der Waals surface area contributed by atoms with Crippen LogP contribution in [0.15, 0.2) is 24.3 Å². The second kappa shape index (κ2) is 9.73. The maximum atomic E-state index is 13.0. The quantitative estimate of drug-likeness (QED) is 0.215. The number of likely N-dealkylation sites (tertiary alicyclic amines) is 2. The fourth-order valence-corrected chi connectivity index (χ4v) is 6.44. The van der Waals surface area contributed by atoms with Crippen molar-refractivity contribution in [3.63, 3.8) is 0 Å². The topological polar surface area (TPSA) is 140 Å². The number of esters is 1. The molecule has 0 aromatic carbocycles. The van der Waals surface area contributed by atoms with Gasteiger partial charge >= 0.3 is 5.97 Å². The Labute approximate surface area is 219 Å². The van der Waals surface area contributed by atoms with Crippen LogP contribution in [0.1, 0.15) is 20.3 Å². The lowest BCUT2D eigenvalue weighted by atomic mass is 9.85. The Bertz CT molecular complexity index is 1020. The Morgan fingerprint density at radius 2 is 1.11 bits per heavy atom. The van der Waals surface area contributed by atoms with E-state index in [1.807, 2.05) is 0 Å². The maximum absolute atomic E-state index is 13.0. The number of imide groups is 2. The molecule has 4 fully saturated rings. The first kappa shape index (κ1) is 26.2. The summed E-state index contributed by atoms with van der Waals surface area (Å²) in [5, 5.41) is 0. The Kier molecular flexibility index (Phi) is 6.72. The van der Waals surface area contributed by atoms with Gasteiger partial charge in [0.15, 0.2) is 0 Å². The largest absolute Gasteiger partial charge is 0.469 e. The summed E-state index contributed by atoms with van der Waals surface area (Å²) in [6, 6.07) is 0. The number of hydrogen-bond donors (Lipinski definition) is 0. The van der Waals surface area contributed by atoms with E-state index in [0.717, 1.165) is 0 Å². The highest BCUT2D eigenvalue weighted by atomic mass is 16.5. The van der Waals surface area contributed by atoms with Gasteiger partial charge in [0.1, 0.15) is 0 Å². The van der Waals surface area contributed by atoms with Crippen molar-refractivity contribution in [1.82, 2.24) is 14.7 Å². The molecule has 0 saturated carbocycles. The normalized spacial score (nSPS) is 35.3. The molecule has 6 aliphatic heterocycles. The van der Waals surface area contributed by atoms with Crippen LogP contribution in [0.4, 0.5) is 0 Å². The van der Waals surface area contributed by atoms with Gasteiger partial charge in [0.05, 0.1) is 61.6 Å². The van der Waals surface area contributed by atoms with E-state index in [1.165, 1.54) is 21.8 Å². The van der Waals surface area contributed by atoms with E-state index in [4.69, 9.17) is 9.47 Å². The molecule has 0 spiro atoms. The first-order chi connectivity index (χ1) is 17.8. The van der Waals surface area contributed by atoms with Crippen molar-refractivity contribution in [3.8, 4) is 0 Å². The summed E-state index contributed by atoms with van der Waals surface area (Å²) in [6.07, 6.45) is 5.29. The Morgan fingerprint density at radius 3 is 1.45 bits per heavy atom. The number of carbonyl (C=O) groups excluding carboxylic acids is 6. The first-order valence-electron chi connectivity index (χ1n) is 12.5. The van der Waals surface area contributed by atoms with Crippen LogP contribution in [0, 0.1) is 23.7 Å². The third-order valence-electron chi connectivity index (χ3n) is 8.31. The molecule has 0 aromatic rings. The molecule has 0 aromatic heterocycles. The number of methoxy groups -OCH3 is 1. The van der Waals surface area contributed by atoms with Gasteiger partial charge < -0.3 is 19.1 Å². The van der Waals surface area contributed by atoms with Crippen molar-refractivity contribution in [2.24, 2.45) is 23.7 Å². The SMILES string of the molecule is C.COC(=O)CCC(=O)N(CCN1C(=O)C2C3C=CC(O3)C2C1=O)CCN1C(=O)C2C3C=CC(O3)C2C1=O. The number of carbonyl (C=O) groups is 6. The van der Waals surface area contributed by atoms with Gasteiger partial charge in [0, 0.05) is 32.6 Å². The minimum atomic E-state index is -0.547. The molecule has 4 bridgehead atoms. The summed E-state index contributed by atoms with van der Waals surface area (Å²) in [6.45, 7) is -0.0225. The standard InChI is InChI=1S/C25H27N3O9.CH4/c1-35-17(30)7-6-16(29)26(8-10-27-22(31)18-12-2-3-13(36-12)19(18)23(27)32)9-11-28-24(33)20-14-4-5-15(37-14)21(20)25(28)34;/h2-5,12-15,18-21H,6-11H2,1H3;1H4. The molecule has 8 unspecified atom stereocenters. The third-order valence-corrected chi connectivity index (χ3v) is 8.31. The molecule has 6 rings (SSSR count). The van der Waals surface area contributed by atoms with Crippen molar-refractivity contribution in [2.75, 3.05) is 33.3 Å². The molecule has 4 saturated heterocycles. The molecular weight excluding hydrogens is 498 g/mol. The zero-order valence-electron chi connectivity index (χ0n) is 20.2. The summed E-state index contributed by atoms with van der Waals surface area (Å²) in [5.41, 5.74) is 0. The predicted octanol–water partition coefficient (Wildman–Crippen LogP) is -0.719. The van der Waals surface area contributed by atoms with Crippen molar-refractivity contribution < 1.29 is 43.0 Å². The summed E-state index contributed by atoms with van der Waals surface area (Å²) < 4.78 is 15.9. The van der Waals surface area contributed by atoms with Gasteiger partial charge in [-0.1, -0.05) is 31.7 Å². The number of rotatable bonds is 9. The average Bonchev–Trinajstić information content (AvgIpc) is 3.73. The number of fused-ring (bicyclic) bond motifs is 10. The molecule has 38 heavy (non-hydrogen) atoms. The molecule has 6 heterocycles. The fraction of sp³-hybridized carbons (Fsp3) is 0.615. The first-order valence-corrected chi connectivity index (χ1v) is 12.5. The highest BCUT2D eigenvalue weighted by molar-refractivity contribution is 6.07. The molecule has 12 heteroatoms. The fourth-order valence-electron chi connectivity index (χ4n) is 6.44. The van der Waals surface area contributed by atoms with Gasteiger partial charge in [0.2, 0.25) is 29.5 Å². The van der Waals surface area contributed by atoms with E-state index >= 15 is 0 Å². The zero-order valence-corrected chi connectivity index (χ0v) is 20.2. The van der Waals surface area contributed by atoms with Gasteiger partial charge in [-0.25, -0.2) is 0 Å². The lowest BCUT2D eigenvalue weighted by molar-refractivity contribution is -0.145. The van der Waals surface area contributed by atoms with Crippen LogP contribution in [0.5, 0.6) is 0 Å². The number of amides is 5. The van der Waals surface area contributed by atoms with E-state index in [2.05, 4.69) is 4.74 Å². The minimum Gasteiger partial charge on any atom is -0.469 e. The van der Waals surface area contributed by atoms with E-state index in [9.17, 15) is 28.8 Å². The van der Waals surface area contributed by atoms with E-state index in [0.29, 0.717) is 0 Å². The van der Waals surface area contributed by atoms with Crippen molar-refractivity contribution in [1.29, 1.82) is 0 Å². The smallest absolute Gasteiger partial charge is 0.306 e. The summed E-state index contributed by atoms with van der Waals surface area (Å²) in [5.74, 6) is -4.43. The van der Waals surface area contributed by atoms with E-state index in [1.54, 1.807) is 24.3 Å². The lowest BCUT2D eigenvalue weighted by Gasteiger charge is -2.27. The average molecular weight is 530 g/mol. The monoisotopic (exact) mass is 529 g/mol. The Morgan fingerprint density at radius 1 is 0.737 bits per heavy atom. The summed E-state index contributed by atoms with van der Waals surface area (Å²) >= 11 is 0. The number of nitrogens with zero attached hydrogens (tertiary/aromatic N) is 3. The van der Waals surface area contributed by atoms with Crippen LogP contribution in [0.3, 0.4) is 0 Å². The molecule has 5 amide bonds. The Hall–Kier alpha value is -3.38. The van der Waals surface area contributed by atoms with Crippen molar-refractivity contribution in [2.45, 2.75) is 44.7 Å². The molecular formula is C26H31N3O9. The maximum Gasteiger partial charge on any atom is 0.306 e. The molecule has 0 N–H and O–H groups in total. The van der Waals surface area contributed by atoms with Crippen LogP contribution in [0.25, 0.3) is 0 Å². The molecule has 12 nitrogen and oxygen atoms in total. The second-order valence-electron chi connectivity index (χ2n) is 10.1.